The minimum Gasteiger partial charge on any atom is -0.496 e. The zero-order valence-corrected chi connectivity index (χ0v) is 10.9. The van der Waals surface area contributed by atoms with E-state index in [2.05, 4.69) is 26.0 Å². The number of rotatable bonds is 4. The molecule has 17 heavy (non-hydrogen) atoms. The molecule has 1 aliphatic rings. The fourth-order valence-corrected chi connectivity index (χ4v) is 2.26. The molecule has 2 rings (SSSR count). The molecule has 0 bridgehead atoms. The highest BCUT2D eigenvalue weighted by Crippen LogP contribution is 2.34. The molecule has 1 aromatic carbocycles. The average molecular weight is 235 g/mol. The number of aryl methyl sites for hydroxylation is 2. The maximum Gasteiger partial charge on any atom is 0.122 e. The number of benzene rings is 1. The van der Waals surface area contributed by atoms with E-state index in [4.69, 9.17) is 15.2 Å². The van der Waals surface area contributed by atoms with E-state index in [-0.39, 0.29) is 5.41 Å². The van der Waals surface area contributed by atoms with Crippen molar-refractivity contribution in [2.24, 2.45) is 11.1 Å². The molecule has 0 spiro atoms. The van der Waals surface area contributed by atoms with Gasteiger partial charge in [-0.15, -0.1) is 0 Å². The Kier molecular flexibility index (Phi) is 3.40. The molecule has 1 fully saturated rings. The first kappa shape index (κ1) is 12.4. The summed E-state index contributed by atoms with van der Waals surface area (Å²) in [6.07, 6.45) is 0.938. The van der Waals surface area contributed by atoms with E-state index < -0.39 is 0 Å². The molecular formula is C14H21NO2. The van der Waals surface area contributed by atoms with E-state index in [0.717, 1.165) is 25.4 Å². The third-order valence-corrected chi connectivity index (χ3v) is 3.71. The Morgan fingerprint density at radius 2 is 1.94 bits per heavy atom. The van der Waals surface area contributed by atoms with Crippen molar-refractivity contribution in [3.8, 4) is 5.75 Å². The molecule has 1 aliphatic heterocycles. The van der Waals surface area contributed by atoms with Crippen molar-refractivity contribution in [1.82, 2.24) is 0 Å². The number of hydrogen-bond acceptors (Lipinski definition) is 3. The monoisotopic (exact) mass is 235 g/mol. The number of hydrogen-bond donors (Lipinski definition) is 1. The number of ether oxygens (including phenoxy) is 2. The first-order chi connectivity index (χ1) is 8.10. The van der Waals surface area contributed by atoms with E-state index in [1.807, 2.05) is 0 Å². The summed E-state index contributed by atoms with van der Waals surface area (Å²) in [5.41, 5.74) is 9.78. The molecule has 0 aromatic heterocycles. The van der Waals surface area contributed by atoms with E-state index in [9.17, 15) is 0 Å². The highest BCUT2D eigenvalue weighted by molar-refractivity contribution is 5.42. The Balaban J connectivity index is 2.28. The largest absolute Gasteiger partial charge is 0.496 e. The molecule has 0 atom stereocenters. The first-order valence-corrected chi connectivity index (χ1v) is 6.02. The third-order valence-electron chi connectivity index (χ3n) is 3.71. The standard InChI is InChI=1S/C14H21NO2/c1-10-4-12(13(16-3)5-11(10)2)6-14(7-15)8-17-9-14/h4-5H,6-9,15H2,1-3H3. The van der Waals surface area contributed by atoms with Crippen molar-refractivity contribution < 1.29 is 9.47 Å². The molecule has 1 saturated heterocycles. The van der Waals surface area contributed by atoms with Gasteiger partial charge in [-0.3, -0.25) is 0 Å². The Hall–Kier alpha value is -1.06. The molecule has 0 amide bonds. The van der Waals surface area contributed by atoms with Gasteiger partial charge in [-0.25, -0.2) is 0 Å². The van der Waals surface area contributed by atoms with Crippen LogP contribution in [0.5, 0.6) is 5.75 Å². The molecule has 0 saturated carbocycles. The van der Waals surface area contributed by atoms with Gasteiger partial charge >= 0.3 is 0 Å². The van der Waals surface area contributed by atoms with Crippen molar-refractivity contribution in [3.63, 3.8) is 0 Å². The Labute approximate surface area is 103 Å². The normalized spacial score (nSPS) is 17.6. The maximum atomic E-state index is 5.86. The second-order valence-electron chi connectivity index (χ2n) is 5.12. The fourth-order valence-electron chi connectivity index (χ4n) is 2.26. The van der Waals surface area contributed by atoms with Crippen molar-refractivity contribution in [2.75, 3.05) is 26.9 Å². The number of nitrogens with two attached hydrogens (primary N) is 1. The van der Waals surface area contributed by atoms with Crippen molar-refractivity contribution in [1.29, 1.82) is 0 Å². The summed E-state index contributed by atoms with van der Waals surface area (Å²) in [5, 5.41) is 0. The van der Waals surface area contributed by atoms with Gasteiger partial charge in [-0.05, 0) is 43.0 Å². The van der Waals surface area contributed by atoms with Crippen molar-refractivity contribution >= 4 is 0 Å². The van der Waals surface area contributed by atoms with Crippen molar-refractivity contribution in [2.45, 2.75) is 20.3 Å². The topological polar surface area (TPSA) is 44.5 Å². The minimum atomic E-state index is 0.120. The van der Waals surface area contributed by atoms with Gasteiger partial charge in [0.1, 0.15) is 5.75 Å². The number of methoxy groups -OCH3 is 1. The maximum absolute atomic E-state index is 5.86. The molecule has 94 valence electrons. The van der Waals surface area contributed by atoms with Crippen LogP contribution >= 0.6 is 0 Å². The molecule has 3 heteroatoms. The molecule has 0 radical (unpaired) electrons. The van der Waals surface area contributed by atoms with Gasteiger partial charge in [-0.1, -0.05) is 6.07 Å². The summed E-state index contributed by atoms with van der Waals surface area (Å²) < 4.78 is 10.8. The lowest BCUT2D eigenvalue weighted by atomic mass is 9.79. The third kappa shape index (κ3) is 2.31. The van der Waals surface area contributed by atoms with Crippen LogP contribution in [0.1, 0.15) is 16.7 Å². The molecule has 2 N–H and O–H groups in total. The van der Waals surface area contributed by atoms with Gasteiger partial charge in [-0.2, -0.15) is 0 Å². The van der Waals surface area contributed by atoms with E-state index >= 15 is 0 Å². The van der Waals surface area contributed by atoms with Crippen LogP contribution in [-0.4, -0.2) is 26.9 Å². The second-order valence-corrected chi connectivity index (χ2v) is 5.12. The van der Waals surface area contributed by atoms with Gasteiger partial charge in [0.05, 0.1) is 20.3 Å². The van der Waals surface area contributed by atoms with E-state index in [0.29, 0.717) is 6.54 Å². The predicted molar refractivity (Wildman–Crippen MR) is 68.5 cm³/mol. The molecule has 0 aliphatic carbocycles. The summed E-state index contributed by atoms with van der Waals surface area (Å²) in [6, 6.07) is 4.32. The van der Waals surface area contributed by atoms with Gasteiger partial charge in [0.2, 0.25) is 0 Å². The van der Waals surface area contributed by atoms with Crippen LogP contribution in [0, 0.1) is 19.3 Å². The van der Waals surface area contributed by atoms with Crippen LogP contribution in [0.25, 0.3) is 0 Å². The molecule has 1 heterocycles. The Morgan fingerprint density at radius 1 is 1.29 bits per heavy atom. The molecule has 0 unspecified atom stereocenters. The van der Waals surface area contributed by atoms with Gasteiger partial charge < -0.3 is 15.2 Å². The summed E-state index contributed by atoms with van der Waals surface area (Å²) in [7, 11) is 1.72. The van der Waals surface area contributed by atoms with Gasteiger partial charge in [0.25, 0.3) is 0 Å². The summed E-state index contributed by atoms with van der Waals surface area (Å²) in [6.45, 7) is 6.43. The fraction of sp³-hybridized carbons (Fsp3) is 0.571. The lowest BCUT2D eigenvalue weighted by molar-refractivity contribution is -0.106. The van der Waals surface area contributed by atoms with Gasteiger partial charge in [0.15, 0.2) is 0 Å². The van der Waals surface area contributed by atoms with Crippen LogP contribution < -0.4 is 10.5 Å². The van der Waals surface area contributed by atoms with Crippen LogP contribution in [-0.2, 0) is 11.2 Å². The quantitative estimate of drug-likeness (QED) is 0.866. The SMILES string of the molecule is COc1cc(C)c(C)cc1CC1(CN)COC1. The summed E-state index contributed by atoms with van der Waals surface area (Å²) in [5.74, 6) is 0.966. The summed E-state index contributed by atoms with van der Waals surface area (Å²) >= 11 is 0. The zero-order valence-electron chi connectivity index (χ0n) is 10.9. The molecule has 3 nitrogen and oxygen atoms in total. The smallest absolute Gasteiger partial charge is 0.122 e. The van der Waals surface area contributed by atoms with Gasteiger partial charge in [0, 0.05) is 12.0 Å². The highest BCUT2D eigenvalue weighted by Gasteiger charge is 2.38. The minimum absolute atomic E-state index is 0.120. The predicted octanol–water partition coefficient (Wildman–Crippen LogP) is 1.83. The van der Waals surface area contributed by atoms with Crippen LogP contribution in [0.3, 0.4) is 0 Å². The Bertz CT molecular complexity index is 405. The second kappa shape index (κ2) is 4.67. The van der Waals surface area contributed by atoms with Crippen LogP contribution in [0.2, 0.25) is 0 Å². The Morgan fingerprint density at radius 3 is 2.41 bits per heavy atom. The van der Waals surface area contributed by atoms with Crippen LogP contribution in [0.4, 0.5) is 0 Å². The highest BCUT2D eigenvalue weighted by atomic mass is 16.5. The van der Waals surface area contributed by atoms with E-state index in [1.165, 1.54) is 16.7 Å². The summed E-state index contributed by atoms with van der Waals surface area (Å²) in [4.78, 5) is 0. The zero-order chi connectivity index (χ0) is 12.5. The van der Waals surface area contributed by atoms with Crippen LogP contribution in [0.15, 0.2) is 12.1 Å². The lowest BCUT2D eigenvalue weighted by Crippen LogP contribution is -2.49. The average Bonchev–Trinajstić information content (AvgIpc) is 2.27. The first-order valence-electron chi connectivity index (χ1n) is 6.02. The molecule has 1 aromatic rings. The van der Waals surface area contributed by atoms with Crippen molar-refractivity contribution in [3.05, 3.63) is 28.8 Å². The molecular weight excluding hydrogens is 214 g/mol. The lowest BCUT2D eigenvalue weighted by Gasteiger charge is -2.41. The van der Waals surface area contributed by atoms with E-state index in [1.54, 1.807) is 7.11 Å².